The third-order valence-electron chi connectivity index (χ3n) is 0.804. The molecule has 1 atom stereocenters. The van der Waals surface area contributed by atoms with Crippen LogP contribution >= 0.6 is 35.2 Å². The van der Waals surface area contributed by atoms with E-state index in [1.807, 2.05) is 0 Å². The van der Waals surface area contributed by atoms with Crippen molar-refractivity contribution in [2.45, 2.75) is 6.04 Å². The minimum atomic E-state index is -0.846. The van der Waals surface area contributed by atoms with Gasteiger partial charge in [-0.05, 0) is 0 Å². The van der Waals surface area contributed by atoms with E-state index in [4.69, 9.17) is 5.11 Å². The Labute approximate surface area is 72.8 Å². The number of thiol groups is 1. The van der Waals surface area contributed by atoms with Gasteiger partial charge in [0.2, 0.25) is 0 Å². The van der Waals surface area contributed by atoms with Gasteiger partial charge in [-0.1, -0.05) is 22.6 Å². The van der Waals surface area contributed by atoms with Crippen LogP contribution < -0.4 is 5.32 Å². The van der Waals surface area contributed by atoms with Crippen LogP contribution in [0.25, 0.3) is 0 Å². The Morgan fingerprint density at radius 1 is 1.89 bits per heavy atom. The van der Waals surface area contributed by atoms with Gasteiger partial charge in [0.1, 0.15) is 6.04 Å². The first kappa shape index (κ1) is 9.51. The van der Waals surface area contributed by atoms with Crippen molar-refractivity contribution in [3.63, 3.8) is 0 Å². The molecule has 2 N–H and O–H groups in total. The van der Waals surface area contributed by atoms with Gasteiger partial charge in [-0.3, -0.25) is 10.1 Å². The van der Waals surface area contributed by atoms with Crippen LogP contribution in [0.4, 0.5) is 0 Å². The number of carboxylic acids is 1. The van der Waals surface area contributed by atoms with Gasteiger partial charge in [0.25, 0.3) is 0 Å². The smallest absolute Gasteiger partial charge is 0.321 e. The molecule has 54 valence electrons. The fraction of sp³-hybridized carbons (Fsp3) is 0.750. The molecular weight excluding hydrogens is 253 g/mol. The number of hydrogen-bond donors (Lipinski definition) is 3. The number of rotatable bonds is 4. The number of aliphatic carboxylic acids is 1. The Hall–Kier alpha value is 0.510. The van der Waals surface area contributed by atoms with Crippen molar-refractivity contribution in [1.82, 2.24) is 5.32 Å². The third-order valence-corrected chi connectivity index (χ3v) is 1.61. The lowest BCUT2D eigenvalue weighted by Crippen LogP contribution is -2.37. The molecule has 0 aliphatic rings. The Kier molecular flexibility index (Phi) is 5.61. The predicted molar refractivity (Wildman–Crippen MR) is 47.3 cm³/mol. The van der Waals surface area contributed by atoms with E-state index in [-0.39, 0.29) is 0 Å². The van der Waals surface area contributed by atoms with Crippen LogP contribution in [0.3, 0.4) is 0 Å². The molecule has 0 aromatic heterocycles. The highest BCUT2D eigenvalue weighted by Gasteiger charge is 2.12. The predicted octanol–water partition coefficient (Wildman–Crippen LogP) is 0.352. The van der Waals surface area contributed by atoms with E-state index in [1.54, 1.807) is 0 Å². The molecule has 0 aromatic carbocycles. The van der Waals surface area contributed by atoms with Crippen molar-refractivity contribution >= 4 is 41.2 Å². The van der Waals surface area contributed by atoms with Gasteiger partial charge < -0.3 is 5.11 Å². The summed E-state index contributed by atoms with van der Waals surface area (Å²) in [5, 5.41) is 11.1. The van der Waals surface area contributed by atoms with Crippen LogP contribution in [0.5, 0.6) is 0 Å². The normalized spacial score (nSPS) is 13.1. The zero-order valence-corrected chi connectivity index (χ0v) is 7.72. The van der Waals surface area contributed by atoms with E-state index >= 15 is 0 Å². The van der Waals surface area contributed by atoms with E-state index in [1.165, 1.54) is 0 Å². The molecule has 0 aromatic rings. The summed E-state index contributed by atoms with van der Waals surface area (Å²) in [6.45, 7) is 0. The Morgan fingerprint density at radius 3 is 2.56 bits per heavy atom. The average Bonchev–Trinajstić information content (AvgIpc) is 1.82. The molecule has 0 saturated heterocycles. The number of carboxylic acid groups (broad SMARTS) is 1. The van der Waals surface area contributed by atoms with Gasteiger partial charge >= 0.3 is 5.97 Å². The highest BCUT2D eigenvalue weighted by atomic mass is 127. The van der Waals surface area contributed by atoms with Crippen LogP contribution in [0.15, 0.2) is 0 Å². The summed E-state index contributed by atoms with van der Waals surface area (Å²) in [5.41, 5.74) is 0. The van der Waals surface area contributed by atoms with Gasteiger partial charge in [-0.25, -0.2) is 0 Å². The first-order valence-electron chi connectivity index (χ1n) is 2.35. The van der Waals surface area contributed by atoms with E-state index in [9.17, 15) is 4.79 Å². The summed E-state index contributed by atoms with van der Waals surface area (Å²) < 4.78 is 0.634. The minimum absolute atomic E-state index is 0.332. The molecule has 0 rings (SSSR count). The zero-order chi connectivity index (χ0) is 7.28. The Balaban J connectivity index is 3.54. The second-order valence-electron chi connectivity index (χ2n) is 1.41. The summed E-state index contributed by atoms with van der Waals surface area (Å²) in [4.78, 5) is 10.2. The quantitative estimate of drug-likeness (QED) is 0.296. The van der Waals surface area contributed by atoms with E-state index in [0.717, 1.165) is 0 Å². The van der Waals surface area contributed by atoms with Crippen LogP contribution in [0, 0.1) is 0 Å². The number of halogens is 1. The van der Waals surface area contributed by atoms with E-state index in [2.05, 4.69) is 40.5 Å². The molecule has 1 unspecified atom stereocenters. The standard InChI is InChI=1S/C4H8INO2S/c5-2-6-3(1-9)4(7)8/h3,6,9H,1-2H2,(H,7,8). The van der Waals surface area contributed by atoms with Gasteiger partial charge in [-0.2, -0.15) is 12.6 Å². The largest absolute Gasteiger partial charge is 0.480 e. The summed E-state index contributed by atoms with van der Waals surface area (Å²) in [6, 6.07) is -0.509. The van der Waals surface area contributed by atoms with Gasteiger partial charge in [0.05, 0.1) is 0 Å². The molecule has 0 fully saturated rings. The molecule has 0 radical (unpaired) electrons. The highest BCUT2D eigenvalue weighted by Crippen LogP contribution is 1.88. The SMILES string of the molecule is O=C(O)C(CS)NCI. The molecule has 0 spiro atoms. The van der Waals surface area contributed by atoms with Crippen molar-refractivity contribution in [2.24, 2.45) is 0 Å². The van der Waals surface area contributed by atoms with E-state index in [0.29, 0.717) is 10.3 Å². The number of hydrogen-bond acceptors (Lipinski definition) is 3. The van der Waals surface area contributed by atoms with Crippen molar-refractivity contribution in [3.8, 4) is 0 Å². The third kappa shape index (κ3) is 3.99. The molecule has 0 aliphatic heterocycles. The topological polar surface area (TPSA) is 49.3 Å². The molecule has 3 nitrogen and oxygen atoms in total. The average molecular weight is 261 g/mol. The fourth-order valence-corrected chi connectivity index (χ4v) is 1.14. The second kappa shape index (κ2) is 5.31. The van der Waals surface area contributed by atoms with Gasteiger partial charge in [-0.15, -0.1) is 0 Å². The Bertz CT molecular complexity index is 101. The molecule has 9 heavy (non-hydrogen) atoms. The lowest BCUT2D eigenvalue weighted by Gasteiger charge is -2.07. The first-order chi connectivity index (χ1) is 4.22. The molecule has 5 heteroatoms. The molecule has 0 bridgehead atoms. The molecule has 0 amide bonds. The van der Waals surface area contributed by atoms with Crippen LogP contribution in [-0.2, 0) is 4.79 Å². The molecule has 0 aliphatic carbocycles. The zero-order valence-electron chi connectivity index (χ0n) is 4.67. The Morgan fingerprint density at radius 2 is 2.44 bits per heavy atom. The summed E-state index contributed by atoms with van der Waals surface area (Å²) >= 11 is 5.89. The second-order valence-corrected chi connectivity index (χ2v) is 2.54. The molecule has 0 saturated carbocycles. The summed E-state index contributed by atoms with van der Waals surface area (Å²) in [5.74, 6) is -0.514. The van der Waals surface area contributed by atoms with Gasteiger partial charge in [0.15, 0.2) is 0 Å². The summed E-state index contributed by atoms with van der Waals surface area (Å²) in [6.07, 6.45) is 0. The summed E-state index contributed by atoms with van der Waals surface area (Å²) in [7, 11) is 0. The van der Waals surface area contributed by atoms with Gasteiger partial charge in [0, 0.05) is 10.3 Å². The van der Waals surface area contributed by atoms with Crippen molar-refractivity contribution in [3.05, 3.63) is 0 Å². The van der Waals surface area contributed by atoms with Crippen LogP contribution in [0.2, 0.25) is 0 Å². The van der Waals surface area contributed by atoms with Crippen molar-refractivity contribution in [1.29, 1.82) is 0 Å². The maximum absolute atomic E-state index is 10.2. The van der Waals surface area contributed by atoms with Crippen LogP contribution in [-0.4, -0.2) is 27.4 Å². The van der Waals surface area contributed by atoms with Crippen molar-refractivity contribution < 1.29 is 9.90 Å². The number of carbonyl (C=O) groups is 1. The van der Waals surface area contributed by atoms with Crippen molar-refractivity contribution in [2.75, 3.05) is 10.3 Å². The number of nitrogens with one attached hydrogen (secondary N) is 1. The maximum Gasteiger partial charge on any atom is 0.321 e. The lowest BCUT2D eigenvalue weighted by molar-refractivity contribution is -0.138. The first-order valence-corrected chi connectivity index (χ1v) is 4.51. The highest BCUT2D eigenvalue weighted by molar-refractivity contribution is 14.1. The monoisotopic (exact) mass is 261 g/mol. The minimum Gasteiger partial charge on any atom is -0.480 e. The lowest BCUT2D eigenvalue weighted by atomic mass is 10.3. The molecular formula is C4H8INO2S. The van der Waals surface area contributed by atoms with E-state index < -0.39 is 12.0 Å². The molecule has 0 heterocycles. The van der Waals surface area contributed by atoms with Crippen LogP contribution in [0.1, 0.15) is 0 Å². The maximum atomic E-state index is 10.2. The number of alkyl halides is 1. The fourth-order valence-electron chi connectivity index (χ4n) is 0.323.